The van der Waals surface area contributed by atoms with Crippen molar-refractivity contribution in [2.75, 3.05) is 27.3 Å². The van der Waals surface area contributed by atoms with E-state index < -0.39 is 10.0 Å². The van der Waals surface area contributed by atoms with E-state index in [1.807, 2.05) is 0 Å². The Bertz CT molecular complexity index is 521. The third kappa shape index (κ3) is 3.08. The lowest BCUT2D eigenvalue weighted by atomic mass is 10.1. The van der Waals surface area contributed by atoms with Crippen molar-refractivity contribution in [3.63, 3.8) is 0 Å². The Morgan fingerprint density at radius 3 is 2.47 bits per heavy atom. The van der Waals surface area contributed by atoms with Crippen LogP contribution in [0.4, 0.5) is 0 Å². The minimum Gasteiger partial charge on any atom is -0.497 e. The second-order valence-electron chi connectivity index (χ2n) is 4.52. The number of benzene rings is 1. The zero-order valence-corrected chi connectivity index (χ0v) is 12.0. The molecular weight excluding hydrogens is 266 g/mol. The Labute approximate surface area is 114 Å². The first-order valence-electron chi connectivity index (χ1n) is 6.25. The van der Waals surface area contributed by atoms with E-state index in [4.69, 9.17) is 9.47 Å². The van der Waals surface area contributed by atoms with Crippen molar-refractivity contribution >= 4 is 10.0 Å². The SMILES string of the molecule is COc1cccc(S(=O)(=O)N2CCC(OC)CC2)c1. The molecule has 0 amide bonds. The van der Waals surface area contributed by atoms with Gasteiger partial charge in [0.1, 0.15) is 5.75 Å². The topological polar surface area (TPSA) is 55.8 Å². The number of nitrogens with zero attached hydrogens (tertiary/aromatic N) is 1. The summed E-state index contributed by atoms with van der Waals surface area (Å²) in [4.78, 5) is 0.280. The molecule has 5 nitrogen and oxygen atoms in total. The maximum atomic E-state index is 12.5. The number of hydrogen-bond donors (Lipinski definition) is 0. The fraction of sp³-hybridized carbons (Fsp3) is 0.538. The molecule has 0 atom stereocenters. The molecule has 1 aliphatic heterocycles. The minimum absolute atomic E-state index is 0.164. The van der Waals surface area contributed by atoms with E-state index in [2.05, 4.69) is 0 Å². The molecular formula is C13H19NO4S. The van der Waals surface area contributed by atoms with Crippen LogP contribution in [0.3, 0.4) is 0 Å². The fourth-order valence-corrected chi connectivity index (χ4v) is 3.72. The molecule has 1 heterocycles. The van der Waals surface area contributed by atoms with Crippen LogP contribution in [0.5, 0.6) is 5.75 Å². The summed E-state index contributed by atoms with van der Waals surface area (Å²) in [5, 5.41) is 0. The third-order valence-electron chi connectivity index (χ3n) is 3.41. The van der Waals surface area contributed by atoms with Crippen molar-refractivity contribution in [2.45, 2.75) is 23.8 Å². The predicted molar refractivity (Wildman–Crippen MR) is 71.8 cm³/mol. The maximum absolute atomic E-state index is 12.5. The first kappa shape index (κ1) is 14.3. The second kappa shape index (κ2) is 5.90. The van der Waals surface area contributed by atoms with Crippen molar-refractivity contribution in [3.8, 4) is 5.75 Å². The highest BCUT2D eigenvalue weighted by atomic mass is 32.2. The summed E-state index contributed by atoms with van der Waals surface area (Å²) in [5.41, 5.74) is 0. The quantitative estimate of drug-likeness (QED) is 0.841. The van der Waals surface area contributed by atoms with Gasteiger partial charge in [0.2, 0.25) is 10.0 Å². The van der Waals surface area contributed by atoms with Gasteiger partial charge in [0, 0.05) is 26.3 Å². The molecule has 1 fully saturated rings. The third-order valence-corrected chi connectivity index (χ3v) is 5.31. The molecule has 0 unspecified atom stereocenters. The van der Waals surface area contributed by atoms with Gasteiger partial charge in [-0.1, -0.05) is 6.07 Å². The normalized spacial score (nSPS) is 18.4. The molecule has 1 saturated heterocycles. The van der Waals surface area contributed by atoms with Gasteiger partial charge < -0.3 is 9.47 Å². The van der Waals surface area contributed by atoms with Crippen molar-refractivity contribution in [3.05, 3.63) is 24.3 Å². The van der Waals surface area contributed by atoms with Crippen molar-refractivity contribution in [1.29, 1.82) is 0 Å². The molecule has 0 saturated carbocycles. The molecule has 0 radical (unpaired) electrons. The number of rotatable bonds is 4. The summed E-state index contributed by atoms with van der Waals surface area (Å²) in [5.74, 6) is 0.549. The van der Waals surface area contributed by atoms with Gasteiger partial charge in [0.25, 0.3) is 0 Å². The van der Waals surface area contributed by atoms with Gasteiger partial charge in [-0.15, -0.1) is 0 Å². The van der Waals surface area contributed by atoms with Gasteiger partial charge in [-0.2, -0.15) is 4.31 Å². The monoisotopic (exact) mass is 285 g/mol. The van der Waals surface area contributed by atoms with Crippen molar-refractivity contribution in [2.24, 2.45) is 0 Å². The predicted octanol–water partition coefficient (Wildman–Crippen LogP) is 1.49. The van der Waals surface area contributed by atoms with E-state index in [1.54, 1.807) is 31.4 Å². The molecule has 0 bridgehead atoms. The zero-order valence-electron chi connectivity index (χ0n) is 11.2. The van der Waals surface area contributed by atoms with E-state index in [0.717, 1.165) is 12.8 Å². The smallest absolute Gasteiger partial charge is 0.243 e. The maximum Gasteiger partial charge on any atom is 0.243 e. The first-order valence-corrected chi connectivity index (χ1v) is 7.69. The van der Waals surface area contributed by atoms with E-state index in [1.165, 1.54) is 11.4 Å². The average Bonchev–Trinajstić information content (AvgIpc) is 2.47. The lowest BCUT2D eigenvalue weighted by Crippen LogP contribution is -2.40. The molecule has 0 spiro atoms. The van der Waals surface area contributed by atoms with Crippen LogP contribution >= 0.6 is 0 Å². The molecule has 1 aliphatic rings. The van der Waals surface area contributed by atoms with Gasteiger partial charge in [-0.3, -0.25) is 0 Å². The molecule has 0 N–H and O–H groups in total. The highest BCUT2D eigenvalue weighted by Crippen LogP contribution is 2.24. The standard InChI is InChI=1S/C13H19NO4S/c1-17-11-6-8-14(9-7-11)19(15,16)13-5-3-4-12(10-13)18-2/h3-5,10-11H,6-9H2,1-2H3. The Morgan fingerprint density at radius 2 is 1.89 bits per heavy atom. The van der Waals surface area contributed by atoms with Crippen molar-refractivity contribution < 1.29 is 17.9 Å². The summed E-state index contributed by atoms with van der Waals surface area (Å²) >= 11 is 0. The molecule has 2 rings (SSSR count). The Balaban J connectivity index is 2.18. The highest BCUT2D eigenvalue weighted by Gasteiger charge is 2.29. The molecule has 0 aliphatic carbocycles. The summed E-state index contributed by atoms with van der Waals surface area (Å²) in [6.45, 7) is 0.996. The number of piperidine rings is 1. The number of hydrogen-bond acceptors (Lipinski definition) is 4. The van der Waals surface area contributed by atoms with Gasteiger partial charge in [0.15, 0.2) is 0 Å². The van der Waals surface area contributed by atoms with E-state index in [0.29, 0.717) is 18.8 Å². The molecule has 1 aromatic carbocycles. The first-order chi connectivity index (χ1) is 9.07. The summed E-state index contributed by atoms with van der Waals surface area (Å²) < 4.78 is 36.8. The molecule has 6 heteroatoms. The lowest BCUT2D eigenvalue weighted by molar-refractivity contribution is 0.0604. The Morgan fingerprint density at radius 1 is 1.21 bits per heavy atom. The van der Waals surface area contributed by atoms with Gasteiger partial charge >= 0.3 is 0 Å². The number of methoxy groups -OCH3 is 2. The van der Waals surface area contributed by atoms with Gasteiger partial charge in [-0.05, 0) is 25.0 Å². The van der Waals surface area contributed by atoms with Gasteiger partial charge in [-0.25, -0.2) is 8.42 Å². The molecule has 1 aromatic rings. The van der Waals surface area contributed by atoms with Crippen LogP contribution in [0.1, 0.15) is 12.8 Å². The Hall–Kier alpha value is -1.11. The Kier molecular flexibility index (Phi) is 4.44. The molecule has 19 heavy (non-hydrogen) atoms. The average molecular weight is 285 g/mol. The minimum atomic E-state index is -3.43. The zero-order chi connectivity index (χ0) is 13.9. The second-order valence-corrected chi connectivity index (χ2v) is 6.46. The summed E-state index contributed by atoms with van der Waals surface area (Å²) in [6, 6.07) is 6.57. The summed E-state index contributed by atoms with van der Waals surface area (Å²) in [6.07, 6.45) is 1.64. The lowest BCUT2D eigenvalue weighted by Gasteiger charge is -2.30. The van der Waals surface area contributed by atoms with Gasteiger partial charge in [0.05, 0.1) is 18.1 Å². The van der Waals surface area contributed by atoms with Crippen LogP contribution in [0.2, 0.25) is 0 Å². The fourth-order valence-electron chi connectivity index (χ4n) is 2.22. The van der Waals surface area contributed by atoms with Crippen LogP contribution in [-0.4, -0.2) is 46.1 Å². The molecule has 106 valence electrons. The van der Waals surface area contributed by atoms with Crippen LogP contribution in [0.15, 0.2) is 29.2 Å². The van der Waals surface area contributed by atoms with Crippen LogP contribution in [0, 0.1) is 0 Å². The van der Waals surface area contributed by atoms with E-state index in [9.17, 15) is 8.42 Å². The highest BCUT2D eigenvalue weighted by molar-refractivity contribution is 7.89. The van der Waals surface area contributed by atoms with E-state index in [-0.39, 0.29) is 11.0 Å². The largest absolute Gasteiger partial charge is 0.497 e. The van der Waals surface area contributed by atoms with Crippen LogP contribution in [0.25, 0.3) is 0 Å². The van der Waals surface area contributed by atoms with E-state index >= 15 is 0 Å². The van der Waals surface area contributed by atoms with Crippen molar-refractivity contribution in [1.82, 2.24) is 4.31 Å². The van der Waals surface area contributed by atoms with Crippen LogP contribution in [-0.2, 0) is 14.8 Å². The number of sulfonamides is 1. The van der Waals surface area contributed by atoms with Crippen LogP contribution < -0.4 is 4.74 Å². The number of ether oxygens (including phenoxy) is 2. The summed E-state index contributed by atoms with van der Waals surface area (Å²) in [7, 11) is -0.241. The molecule has 0 aromatic heterocycles.